The highest BCUT2D eigenvalue weighted by Gasteiger charge is 2.43. The van der Waals surface area contributed by atoms with Gasteiger partial charge in [0.15, 0.2) is 0 Å². The van der Waals surface area contributed by atoms with Crippen LogP contribution in [0.5, 0.6) is 0 Å². The van der Waals surface area contributed by atoms with Gasteiger partial charge in [-0.1, -0.05) is 42.5 Å². The minimum Gasteiger partial charge on any atom is -0.444 e. The van der Waals surface area contributed by atoms with Crippen molar-refractivity contribution in [2.75, 3.05) is 31.9 Å². The first-order chi connectivity index (χ1) is 24.9. The van der Waals surface area contributed by atoms with Crippen LogP contribution in [0.4, 0.5) is 15.0 Å². The Balaban J connectivity index is 1.10. The summed E-state index contributed by atoms with van der Waals surface area (Å²) in [6.45, 7) is 7.96. The fraction of sp³-hybridized carbons (Fsp3) is 0.421. The van der Waals surface area contributed by atoms with Crippen LogP contribution < -0.4 is 11.1 Å². The van der Waals surface area contributed by atoms with Gasteiger partial charge in [0.1, 0.15) is 29.0 Å². The predicted molar refractivity (Wildman–Crippen MR) is 198 cm³/mol. The maximum atomic E-state index is 13.4. The number of nitrogens with two attached hydrogens (primary N) is 1. The molecule has 14 heteroatoms. The molecule has 3 heterocycles. The van der Waals surface area contributed by atoms with E-state index in [1.54, 1.807) is 17.0 Å². The van der Waals surface area contributed by atoms with E-state index in [1.165, 1.54) is 12.1 Å². The lowest BCUT2D eigenvalue weighted by molar-refractivity contribution is 0.00687. The van der Waals surface area contributed by atoms with E-state index in [2.05, 4.69) is 15.3 Å². The molecular formula is C38H46ClFN8O4. The molecule has 12 nitrogen and oxygen atoms in total. The van der Waals surface area contributed by atoms with Gasteiger partial charge in [-0.2, -0.15) is 10.1 Å². The standard InChI is InChI=1S/C38H46ClFN8O4/c1-38(2,3)52-37(51)46(18-14-24-10-12-27(40)13-11-24)17-7-16-42-21-26-20-30(33(50)32(26)49)48-23-28(31-34(41)43-36(39)44-35(31)48)29-15-19-47(45-29)22-25-8-5-4-6-9-25/h4-6,8-13,15,19,23,26,30,32-33,42,49-50H,7,14,16-18,20-22H2,1-3H3,(H2,41,43,44)/t26-,30-,32-,33+/m1/s1. The Hall–Kier alpha value is -4.56. The van der Waals surface area contributed by atoms with Gasteiger partial charge in [0.2, 0.25) is 5.28 Å². The topological polar surface area (TPSA) is 157 Å². The highest BCUT2D eigenvalue weighted by molar-refractivity contribution is 6.29. The SMILES string of the molecule is CC(C)(C)OC(=O)N(CCCNC[C@H]1C[C@@H](n2cc(-c3ccn(Cc4ccccc4)n3)c3c(N)nc(Cl)nc32)[C@H](O)[C@@H]1O)CCc1ccc(F)cc1. The summed E-state index contributed by atoms with van der Waals surface area (Å²) in [4.78, 5) is 23.4. The third kappa shape index (κ3) is 8.90. The molecule has 5 N–H and O–H groups in total. The highest BCUT2D eigenvalue weighted by Crippen LogP contribution is 2.41. The maximum Gasteiger partial charge on any atom is 0.410 e. The number of rotatable bonds is 13. The molecule has 4 atom stereocenters. The zero-order valence-corrected chi connectivity index (χ0v) is 30.4. The minimum absolute atomic E-state index is 0.0187. The first kappa shape index (κ1) is 37.2. The van der Waals surface area contributed by atoms with E-state index in [1.807, 2.05) is 78.8 Å². The summed E-state index contributed by atoms with van der Waals surface area (Å²) in [6.07, 6.45) is 2.94. The van der Waals surface area contributed by atoms with Gasteiger partial charge in [0.05, 0.1) is 29.8 Å². The Morgan fingerprint density at radius 3 is 2.54 bits per heavy atom. The van der Waals surface area contributed by atoms with Crippen molar-refractivity contribution in [2.24, 2.45) is 5.92 Å². The van der Waals surface area contributed by atoms with Gasteiger partial charge in [-0.25, -0.2) is 14.2 Å². The summed E-state index contributed by atoms with van der Waals surface area (Å²) >= 11 is 6.27. The molecule has 1 fully saturated rings. The summed E-state index contributed by atoms with van der Waals surface area (Å²) < 4.78 is 22.7. The molecule has 0 unspecified atom stereocenters. The van der Waals surface area contributed by atoms with Gasteiger partial charge >= 0.3 is 6.09 Å². The van der Waals surface area contributed by atoms with Crippen LogP contribution in [0.15, 0.2) is 73.1 Å². The first-order valence-corrected chi connectivity index (χ1v) is 17.9. The molecule has 1 aliphatic rings. The third-order valence-corrected chi connectivity index (χ3v) is 9.50. The fourth-order valence-corrected chi connectivity index (χ4v) is 6.93. The predicted octanol–water partition coefficient (Wildman–Crippen LogP) is 5.46. The van der Waals surface area contributed by atoms with E-state index in [0.29, 0.717) is 74.3 Å². The molecule has 1 aliphatic carbocycles. The normalized spacial score (nSPS) is 19.0. The second-order valence-electron chi connectivity index (χ2n) is 14.4. The molecule has 6 rings (SSSR count). The average Bonchev–Trinajstić information content (AvgIpc) is 3.79. The minimum atomic E-state index is -1.07. The monoisotopic (exact) mass is 732 g/mol. The molecule has 5 aromatic rings. The van der Waals surface area contributed by atoms with Gasteiger partial charge in [0, 0.05) is 43.5 Å². The van der Waals surface area contributed by atoms with Crippen LogP contribution in [0.1, 0.15) is 50.8 Å². The smallest absolute Gasteiger partial charge is 0.410 e. The highest BCUT2D eigenvalue weighted by atomic mass is 35.5. The number of carbonyl (C=O) groups excluding carboxylic acids is 1. The number of hydrogen-bond acceptors (Lipinski definition) is 9. The van der Waals surface area contributed by atoms with E-state index in [9.17, 15) is 19.4 Å². The van der Waals surface area contributed by atoms with Crippen molar-refractivity contribution in [1.29, 1.82) is 0 Å². The second-order valence-corrected chi connectivity index (χ2v) is 14.7. The number of amides is 1. The second kappa shape index (κ2) is 16.0. The Morgan fingerprint density at radius 1 is 1.06 bits per heavy atom. The Bertz CT molecular complexity index is 1960. The number of nitrogens with one attached hydrogen (secondary N) is 1. The molecule has 0 saturated heterocycles. The largest absolute Gasteiger partial charge is 0.444 e. The molecule has 1 amide bonds. The van der Waals surface area contributed by atoms with Crippen molar-refractivity contribution >= 4 is 34.5 Å². The average molecular weight is 733 g/mol. The quantitative estimate of drug-likeness (QED) is 0.0912. The Morgan fingerprint density at radius 2 is 1.81 bits per heavy atom. The number of halogens is 2. The van der Waals surface area contributed by atoms with Crippen molar-refractivity contribution in [3.8, 4) is 11.3 Å². The van der Waals surface area contributed by atoms with Crippen LogP contribution in [0.2, 0.25) is 5.28 Å². The molecular weight excluding hydrogens is 687 g/mol. The van der Waals surface area contributed by atoms with Crippen molar-refractivity contribution in [3.05, 3.63) is 95.3 Å². The Kier molecular flexibility index (Phi) is 11.4. The van der Waals surface area contributed by atoms with E-state index >= 15 is 0 Å². The number of nitrogen functional groups attached to an aromatic ring is 1. The van der Waals surface area contributed by atoms with Crippen molar-refractivity contribution in [3.63, 3.8) is 0 Å². The van der Waals surface area contributed by atoms with Crippen molar-refractivity contribution in [2.45, 2.75) is 70.4 Å². The van der Waals surface area contributed by atoms with Crippen LogP contribution >= 0.6 is 11.6 Å². The maximum absolute atomic E-state index is 13.4. The summed E-state index contributed by atoms with van der Waals surface area (Å²) in [5, 5.41) is 31.2. The lowest BCUT2D eigenvalue weighted by Crippen LogP contribution is -2.40. The summed E-state index contributed by atoms with van der Waals surface area (Å²) in [5.74, 6) is -0.367. The number of ether oxygens (including phenoxy) is 1. The number of nitrogens with zero attached hydrogens (tertiary/aromatic N) is 6. The molecule has 2 aromatic carbocycles. The van der Waals surface area contributed by atoms with Crippen LogP contribution in [-0.2, 0) is 17.7 Å². The zero-order chi connectivity index (χ0) is 37.0. The number of benzene rings is 2. The molecule has 3 aromatic heterocycles. The molecule has 52 heavy (non-hydrogen) atoms. The van der Waals surface area contributed by atoms with Gasteiger partial charge in [0.25, 0.3) is 0 Å². The number of fused-ring (bicyclic) bond motifs is 1. The zero-order valence-electron chi connectivity index (χ0n) is 29.6. The molecule has 0 aliphatic heterocycles. The number of hydrogen-bond donors (Lipinski definition) is 4. The van der Waals surface area contributed by atoms with Gasteiger partial charge < -0.3 is 35.5 Å². The first-order valence-electron chi connectivity index (χ1n) is 17.6. The van der Waals surface area contributed by atoms with Crippen LogP contribution in [-0.4, -0.2) is 89.5 Å². The van der Waals surface area contributed by atoms with E-state index < -0.39 is 29.9 Å². The number of aromatic nitrogens is 5. The number of carbonyl (C=O) groups is 1. The molecule has 0 radical (unpaired) electrons. The summed E-state index contributed by atoms with van der Waals surface area (Å²) in [7, 11) is 0. The molecule has 276 valence electrons. The van der Waals surface area contributed by atoms with Crippen LogP contribution in [0.25, 0.3) is 22.3 Å². The summed E-state index contributed by atoms with van der Waals surface area (Å²) in [6, 6.07) is 17.7. The molecule has 1 saturated carbocycles. The van der Waals surface area contributed by atoms with Gasteiger partial charge in [-0.3, -0.25) is 4.68 Å². The lowest BCUT2D eigenvalue weighted by Gasteiger charge is -2.27. The van der Waals surface area contributed by atoms with E-state index in [0.717, 1.165) is 11.1 Å². The van der Waals surface area contributed by atoms with Crippen molar-refractivity contribution < 1.29 is 24.1 Å². The lowest BCUT2D eigenvalue weighted by atomic mass is 10.1. The van der Waals surface area contributed by atoms with Gasteiger partial charge in [-0.05, 0) is 87.5 Å². The van der Waals surface area contributed by atoms with E-state index in [4.69, 9.17) is 27.2 Å². The number of aliphatic hydroxyl groups is 2. The number of aliphatic hydroxyl groups excluding tert-OH is 2. The number of anilines is 1. The van der Waals surface area contributed by atoms with Crippen LogP contribution in [0, 0.1) is 11.7 Å². The molecule has 0 spiro atoms. The summed E-state index contributed by atoms with van der Waals surface area (Å²) in [5.41, 5.74) is 9.61. The van der Waals surface area contributed by atoms with Gasteiger partial charge in [-0.15, -0.1) is 0 Å². The van der Waals surface area contributed by atoms with Crippen LogP contribution in [0.3, 0.4) is 0 Å². The van der Waals surface area contributed by atoms with E-state index in [-0.39, 0.29) is 22.8 Å². The molecule has 0 bridgehead atoms. The van der Waals surface area contributed by atoms with Crippen molar-refractivity contribution in [1.82, 2.24) is 34.5 Å². The fourth-order valence-electron chi connectivity index (χ4n) is 6.76. The Labute approximate surface area is 307 Å². The third-order valence-electron chi connectivity index (χ3n) is 9.33.